The summed E-state index contributed by atoms with van der Waals surface area (Å²) in [7, 11) is 0. The molecule has 0 fully saturated rings. The monoisotopic (exact) mass is 570 g/mol. The molecule has 39 heavy (non-hydrogen) atoms. The Kier molecular flexibility index (Phi) is 9.48. The number of pyridine rings is 1. The van der Waals surface area contributed by atoms with Crippen LogP contribution in [0, 0.1) is 0 Å². The van der Waals surface area contributed by atoms with E-state index in [4.69, 9.17) is 11.6 Å². The molecule has 1 aromatic carbocycles. The second-order valence-corrected chi connectivity index (χ2v) is 9.30. The van der Waals surface area contributed by atoms with E-state index in [1.807, 2.05) is 0 Å². The van der Waals surface area contributed by atoms with E-state index in [0.717, 1.165) is 12.1 Å². The van der Waals surface area contributed by atoms with Crippen LogP contribution in [-0.4, -0.2) is 71.2 Å². The molecule has 0 spiro atoms. The molecule has 1 aliphatic rings. The van der Waals surface area contributed by atoms with Gasteiger partial charge in [0, 0.05) is 24.2 Å². The van der Waals surface area contributed by atoms with Gasteiger partial charge in [0.2, 0.25) is 5.91 Å². The third kappa shape index (κ3) is 7.88. The Morgan fingerprint density at radius 2 is 2.00 bits per heavy atom. The standard InChI is InChI=1S/C24H26ClF3N6O5/c1-23(39,24(26,27)28)15-4-13(5-16(25)7-15)19(2-3-35)34-20(37)12-30-21(38)14-6-17(9-29-8-14)33-22-31-10-18(36)11-32-22/h3-9,18-19,36,39H,2,10-12H2,1H3,(H,30,38)(H,34,37)(H2,31,32,33)/t19-,23?/m0/s1. The Hall–Kier alpha value is -3.75. The van der Waals surface area contributed by atoms with Crippen LogP contribution in [0.5, 0.6) is 0 Å². The molecule has 1 aromatic heterocycles. The average Bonchev–Trinajstić information content (AvgIpc) is 2.87. The largest absolute Gasteiger partial charge is 0.421 e. The molecule has 3 atom stereocenters. The van der Waals surface area contributed by atoms with Crippen molar-refractivity contribution in [3.63, 3.8) is 0 Å². The minimum absolute atomic E-state index is 0.0588. The molecule has 0 bridgehead atoms. The molecular weight excluding hydrogens is 545 g/mol. The number of halogens is 4. The Labute approximate surface area is 225 Å². The van der Waals surface area contributed by atoms with Crippen LogP contribution in [0.4, 0.5) is 18.9 Å². The molecule has 0 radical (unpaired) electrons. The van der Waals surface area contributed by atoms with Crippen molar-refractivity contribution in [2.75, 3.05) is 25.0 Å². The maximum Gasteiger partial charge on any atom is 0.421 e. The average molecular weight is 571 g/mol. The van der Waals surface area contributed by atoms with Gasteiger partial charge in [0.25, 0.3) is 5.91 Å². The van der Waals surface area contributed by atoms with Crippen molar-refractivity contribution in [3.05, 3.63) is 58.4 Å². The number of aromatic nitrogens is 1. The number of aldehydes is 1. The summed E-state index contributed by atoms with van der Waals surface area (Å²) in [5, 5.41) is 30.0. The minimum atomic E-state index is -5.01. The molecule has 15 heteroatoms. The number of hydrogen-bond acceptors (Lipinski definition) is 9. The first-order valence-corrected chi connectivity index (χ1v) is 12.0. The third-order valence-corrected chi connectivity index (χ3v) is 5.96. The SMILES string of the molecule is CC(O)(c1cc(Cl)cc([C@H](CC=O)NC(=O)CNC(=O)c2cncc(NC3=NCC(O)CN3)c2)c1)C(F)(F)F. The summed E-state index contributed by atoms with van der Waals surface area (Å²) in [6, 6.07) is 3.59. The molecule has 2 unspecified atom stereocenters. The normalized spacial score (nSPS) is 17.6. The van der Waals surface area contributed by atoms with Gasteiger partial charge >= 0.3 is 6.18 Å². The predicted octanol–water partition coefficient (Wildman–Crippen LogP) is 1.41. The summed E-state index contributed by atoms with van der Waals surface area (Å²) in [5.41, 5.74) is -3.20. The van der Waals surface area contributed by atoms with Crippen molar-refractivity contribution in [2.45, 2.75) is 37.3 Å². The van der Waals surface area contributed by atoms with E-state index in [1.54, 1.807) is 0 Å². The molecule has 0 aliphatic carbocycles. The van der Waals surface area contributed by atoms with E-state index in [0.29, 0.717) is 31.4 Å². The van der Waals surface area contributed by atoms with Crippen LogP contribution in [0.2, 0.25) is 5.02 Å². The summed E-state index contributed by atoms with van der Waals surface area (Å²) >= 11 is 5.97. The molecule has 210 valence electrons. The van der Waals surface area contributed by atoms with E-state index in [9.17, 15) is 37.8 Å². The summed E-state index contributed by atoms with van der Waals surface area (Å²) in [4.78, 5) is 44.4. The smallest absolute Gasteiger partial charge is 0.389 e. The number of carbonyl (C=O) groups excluding carboxylic acids is 3. The number of aliphatic hydroxyl groups is 2. The Morgan fingerprint density at radius 1 is 1.26 bits per heavy atom. The molecule has 6 N–H and O–H groups in total. The number of hydrogen-bond donors (Lipinski definition) is 6. The van der Waals surface area contributed by atoms with E-state index in [1.165, 1.54) is 24.5 Å². The number of anilines is 1. The Morgan fingerprint density at radius 3 is 2.64 bits per heavy atom. The second-order valence-electron chi connectivity index (χ2n) is 8.86. The van der Waals surface area contributed by atoms with Crippen molar-refractivity contribution >= 4 is 41.3 Å². The highest BCUT2D eigenvalue weighted by Gasteiger charge is 2.51. The predicted molar refractivity (Wildman–Crippen MR) is 135 cm³/mol. The number of aliphatic imine (C=N–C) groups is 1. The summed E-state index contributed by atoms with van der Waals surface area (Å²) in [6.45, 7) is 0.555. The topological polar surface area (TPSA) is 165 Å². The molecule has 2 heterocycles. The maximum atomic E-state index is 13.3. The number of aliphatic hydroxyl groups excluding tert-OH is 1. The first-order valence-electron chi connectivity index (χ1n) is 11.6. The fourth-order valence-electron chi connectivity index (χ4n) is 3.53. The van der Waals surface area contributed by atoms with Gasteiger partial charge in [-0.25, -0.2) is 0 Å². The van der Waals surface area contributed by atoms with Gasteiger partial charge < -0.3 is 36.3 Å². The van der Waals surface area contributed by atoms with E-state index in [-0.39, 0.29) is 29.1 Å². The number of nitrogens with one attached hydrogen (secondary N) is 4. The number of benzene rings is 1. The van der Waals surface area contributed by atoms with E-state index >= 15 is 0 Å². The zero-order valence-electron chi connectivity index (χ0n) is 20.6. The summed E-state index contributed by atoms with van der Waals surface area (Å²) in [6.07, 6.45) is -2.74. The minimum Gasteiger partial charge on any atom is -0.389 e. The van der Waals surface area contributed by atoms with E-state index in [2.05, 4.69) is 31.2 Å². The molecule has 0 saturated heterocycles. The van der Waals surface area contributed by atoms with Gasteiger partial charge in [-0.2, -0.15) is 13.2 Å². The lowest BCUT2D eigenvalue weighted by molar-refractivity contribution is -0.258. The van der Waals surface area contributed by atoms with Crippen LogP contribution in [0.25, 0.3) is 0 Å². The van der Waals surface area contributed by atoms with Crippen LogP contribution < -0.4 is 21.3 Å². The van der Waals surface area contributed by atoms with Crippen LogP contribution in [0.15, 0.2) is 41.7 Å². The van der Waals surface area contributed by atoms with Crippen molar-refractivity contribution in [1.82, 2.24) is 20.9 Å². The second kappa shape index (κ2) is 12.4. The first kappa shape index (κ1) is 29.8. The Bertz CT molecular complexity index is 1260. The Balaban J connectivity index is 1.65. The van der Waals surface area contributed by atoms with Crippen molar-refractivity contribution < 1.29 is 37.8 Å². The van der Waals surface area contributed by atoms with Crippen LogP contribution in [-0.2, 0) is 15.2 Å². The van der Waals surface area contributed by atoms with Gasteiger partial charge in [-0.3, -0.25) is 19.6 Å². The zero-order valence-corrected chi connectivity index (χ0v) is 21.3. The lowest BCUT2D eigenvalue weighted by atomic mass is 9.91. The molecule has 2 amide bonds. The third-order valence-electron chi connectivity index (χ3n) is 5.74. The van der Waals surface area contributed by atoms with Crippen LogP contribution >= 0.6 is 11.6 Å². The van der Waals surface area contributed by atoms with Crippen LogP contribution in [0.1, 0.15) is 40.9 Å². The number of rotatable bonds is 9. The highest BCUT2D eigenvalue weighted by molar-refractivity contribution is 6.30. The number of amides is 2. The number of guanidine groups is 1. The summed E-state index contributed by atoms with van der Waals surface area (Å²) < 4.78 is 40.0. The molecule has 2 aromatic rings. The van der Waals surface area contributed by atoms with Crippen molar-refractivity contribution in [1.29, 1.82) is 0 Å². The van der Waals surface area contributed by atoms with Gasteiger partial charge in [-0.05, 0) is 36.2 Å². The van der Waals surface area contributed by atoms with Crippen molar-refractivity contribution in [3.8, 4) is 0 Å². The molecule has 1 aliphatic heterocycles. The first-order chi connectivity index (χ1) is 18.3. The summed E-state index contributed by atoms with van der Waals surface area (Å²) in [5.74, 6) is -0.990. The molecule has 0 saturated carbocycles. The van der Waals surface area contributed by atoms with Gasteiger partial charge in [-0.15, -0.1) is 0 Å². The zero-order chi connectivity index (χ0) is 28.8. The maximum absolute atomic E-state index is 13.3. The molecule has 3 rings (SSSR count). The fraction of sp³-hybridized carbons (Fsp3) is 0.375. The fourth-order valence-corrected chi connectivity index (χ4v) is 3.77. The lowest BCUT2D eigenvalue weighted by Crippen LogP contribution is -2.42. The number of β-amino-alcohol motifs (C(OH)–C–C–N with tert-alkyl or cyclic N) is 1. The van der Waals surface area contributed by atoms with Crippen molar-refractivity contribution in [2.24, 2.45) is 4.99 Å². The highest BCUT2D eigenvalue weighted by atomic mass is 35.5. The molecular formula is C24H26ClF3N6O5. The van der Waals surface area contributed by atoms with Gasteiger partial charge in [0.15, 0.2) is 11.6 Å². The molecule has 11 nitrogen and oxygen atoms in total. The van der Waals surface area contributed by atoms with Gasteiger partial charge in [0.1, 0.15) is 6.29 Å². The highest BCUT2D eigenvalue weighted by Crippen LogP contribution is 2.40. The van der Waals surface area contributed by atoms with Gasteiger partial charge in [0.05, 0.1) is 42.7 Å². The number of nitrogens with zero attached hydrogens (tertiary/aromatic N) is 2. The van der Waals surface area contributed by atoms with Crippen LogP contribution in [0.3, 0.4) is 0 Å². The van der Waals surface area contributed by atoms with E-state index < -0.39 is 47.8 Å². The number of carbonyl (C=O) groups is 3. The quantitative estimate of drug-likeness (QED) is 0.246. The number of alkyl halides is 3. The van der Waals surface area contributed by atoms with Gasteiger partial charge in [-0.1, -0.05) is 17.7 Å². The lowest BCUT2D eigenvalue weighted by Gasteiger charge is -2.28.